The fourth-order valence-corrected chi connectivity index (χ4v) is 3.74. The number of hydrogen-bond donors (Lipinski definition) is 1. The molecule has 0 aliphatic rings. The van der Waals surface area contributed by atoms with E-state index in [0.29, 0.717) is 38.2 Å². The Kier molecular flexibility index (Phi) is 8.51. The quantitative estimate of drug-likeness (QED) is 0.167. The summed E-state index contributed by atoms with van der Waals surface area (Å²) in [7, 11) is 1.51. The van der Waals surface area contributed by atoms with Crippen LogP contribution >= 0.6 is 23.2 Å². The maximum absolute atomic E-state index is 12.6. The highest BCUT2D eigenvalue weighted by Crippen LogP contribution is 2.28. The fourth-order valence-electron chi connectivity index (χ4n) is 3.40. The third kappa shape index (κ3) is 6.84. The number of hydrogen-bond acceptors (Lipinski definition) is 8. The number of aromatic nitrogens is 3. The predicted octanol–water partition coefficient (Wildman–Crippen LogP) is 4.89. The zero-order valence-electron chi connectivity index (χ0n) is 19.9. The van der Waals surface area contributed by atoms with Crippen molar-refractivity contribution in [3.63, 3.8) is 0 Å². The van der Waals surface area contributed by atoms with E-state index >= 15 is 0 Å². The van der Waals surface area contributed by atoms with Crippen molar-refractivity contribution in [2.45, 2.75) is 13.2 Å². The molecule has 13 heteroatoms. The fraction of sp³-hybridized carbons (Fsp3) is 0.120. The third-order valence-electron chi connectivity index (χ3n) is 5.18. The van der Waals surface area contributed by atoms with Gasteiger partial charge in [-0.15, -0.1) is 0 Å². The Morgan fingerprint density at radius 3 is 2.76 bits per heavy atom. The molecule has 194 valence electrons. The summed E-state index contributed by atoms with van der Waals surface area (Å²) < 4.78 is 12.4. The lowest BCUT2D eigenvalue weighted by molar-refractivity contribution is -0.394. The summed E-state index contributed by atoms with van der Waals surface area (Å²) in [4.78, 5) is 26.4. The van der Waals surface area contributed by atoms with Crippen molar-refractivity contribution in [1.82, 2.24) is 20.2 Å². The van der Waals surface area contributed by atoms with E-state index in [2.05, 4.69) is 20.6 Å². The zero-order valence-corrected chi connectivity index (χ0v) is 21.4. The molecule has 0 saturated heterocycles. The van der Waals surface area contributed by atoms with E-state index < -0.39 is 16.8 Å². The second kappa shape index (κ2) is 12.2. The molecule has 0 spiro atoms. The molecule has 0 bridgehead atoms. The minimum Gasteiger partial charge on any atom is -0.496 e. The molecule has 4 rings (SSSR count). The molecule has 4 aromatic rings. The van der Waals surface area contributed by atoms with Crippen molar-refractivity contribution in [2.24, 2.45) is 5.10 Å². The lowest BCUT2D eigenvalue weighted by Crippen LogP contribution is -2.18. The van der Waals surface area contributed by atoms with E-state index in [4.69, 9.17) is 32.7 Å². The van der Waals surface area contributed by atoms with E-state index in [0.717, 1.165) is 5.56 Å². The SMILES string of the molecule is COc1ccc(/C=N\NC(=O)c2cccc(COc3cc(Cl)ccc3Cl)c2)cc1Cn1cnc([N+](=O)[O-])n1. The summed E-state index contributed by atoms with van der Waals surface area (Å²) in [5.41, 5.74) is 5.00. The highest BCUT2D eigenvalue weighted by Gasteiger charge is 2.15. The number of benzene rings is 3. The topological polar surface area (TPSA) is 134 Å². The Balaban J connectivity index is 1.39. The number of carbonyl (C=O) groups is 1. The smallest absolute Gasteiger partial charge is 0.490 e. The number of hydrazone groups is 1. The average Bonchev–Trinajstić information content (AvgIpc) is 3.38. The number of amides is 1. The molecule has 0 atom stereocenters. The highest BCUT2D eigenvalue weighted by atomic mass is 35.5. The number of ether oxygens (including phenoxy) is 2. The van der Waals surface area contributed by atoms with Crippen LogP contribution in [0, 0.1) is 10.1 Å². The molecular weight excluding hydrogens is 535 g/mol. The number of nitrogens with one attached hydrogen (secondary N) is 1. The molecule has 0 saturated carbocycles. The molecule has 3 aromatic carbocycles. The van der Waals surface area contributed by atoms with Gasteiger partial charge in [-0.05, 0) is 58.5 Å². The number of rotatable bonds is 10. The molecule has 11 nitrogen and oxygen atoms in total. The van der Waals surface area contributed by atoms with Gasteiger partial charge in [0.1, 0.15) is 18.1 Å². The Labute approximate surface area is 226 Å². The first kappa shape index (κ1) is 26.6. The summed E-state index contributed by atoms with van der Waals surface area (Å²) in [5, 5.41) is 19.6. The Bertz CT molecular complexity index is 1510. The Morgan fingerprint density at radius 2 is 2.00 bits per heavy atom. The van der Waals surface area contributed by atoms with E-state index in [-0.39, 0.29) is 13.2 Å². The van der Waals surface area contributed by atoms with Gasteiger partial charge in [0.15, 0.2) is 0 Å². The molecule has 38 heavy (non-hydrogen) atoms. The maximum Gasteiger partial charge on any atom is 0.490 e. The molecule has 0 radical (unpaired) electrons. The van der Waals surface area contributed by atoms with Gasteiger partial charge in [-0.2, -0.15) is 9.78 Å². The van der Waals surface area contributed by atoms with Gasteiger partial charge in [-0.3, -0.25) is 4.79 Å². The lowest BCUT2D eigenvalue weighted by atomic mass is 10.1. The second-order valence-corrected chi connectivity index (χ2v) is 8.68. The summed E-state index contributed by atoms with van der Waals surface area (Å²) in [6, 6.07) is 17.1. The van der Waals surface area contributed by atoms with Gasteiger partial charge < -0.3 is 19.6 Å². The van der Waals surface area contributed by atoms with Crippen LogP contribution in [0.15, 0.2) is 72.1 Å². The van der Waals surface area contributed by atoms with Gasteiger partial charge in [0.2, 0.25) is 6.33 Å². The minimum atomic E-state index is -0.670. The van der Waals surface area contributed by atoms with Crippen molar-refractivity contribution in [1.29, 1.82) is 0 Å². The molecule has 1 N–H and O–H groups in total. The summed E-state index contributed by atoms with van der Waals surface area (Å²) in [5.74, 6) is 0.0998. The number of methoxy groups -OCH3 is 1. The minimum absolute atomic E-state index is 0.188. The van der Waals surface area contributed by atoms with Crippen molar-refractivity contribution in [3.05, 3.63) is 109 Å². The first-order chi connectivity index (χ1) is 18.3. The monoisotopic (exact) mass is 554 g/mol. The predicted molar refractivity (Wildman–Crippen MR) is 141 cm³/mol. The van der Waals surface area contributed by atoms with Crippen LogP contribution in [0.4, 0.5) is 5.95 Å². The molecule has 1 heterocycles. The van der Waals surface area contributed by atoms with Crippen LogP contribution in [0.3, 0.4) is 0 Å². The number of nitrogens with zero attached hydrogens (tertiary/aromatic N) is 5. The van der Waals surface area contributed by atoms with Crippen LogP contribution in [-0.4, -0.2) is 38.9 Å². The van der Waals surface area contributed by atoms with Crippen LogP contribution in [0.1, 0.15) is 27.0 Å². The van der Waals surface area contributed by atoms with E-state index in [1.165, 1.54) is 24.3 Å². The van der Waals surface area contributed by atoms with Crippen LogP contribution in [0.2, 0.25) is 10.0 Å². The molecular formula is C25H20Cl2N6O5. The van der Waals surface area contributed by atoms with E-state index in [1.54, 1.807) is 54.6 Å². The molecule has 1 amide bonds. The Hall–Kier alpha value is -4.48. The molecule has 0 fully saturated rings. The molecule has 0 aliphatic carbocycles. The van der Waals surface area contributed by atoms with E-state index in [9.17, 15) is 14.9 Å². The molecule has 0 unspecified atom stereocenters. The summed E-state index contributed by atoms with van der Waals surface area (Å²) >= 11 is 12.1. The van der Waals surface area contributed by atoms with Crippen LogP contribution < -0.4 is 14.9 Å². The van der Waals surface area contributed by atoms with Gasteiger partial charge in [-0.1, -0.05) is 40.3 Å². The molecule has 1 aromatic heterocycles. The van der Waals surface area contributed by atoms with Crippen LogP contribution in [0.25, 0.3) is 0 Å². The largest absolute Gasteiger partial charge is 0.496 e. The average molecular weight is 555 g/mol. The van der Waals surface area contributed by atoms with Gasteiger partial charge in [-0.25, -0.2) is 5.43 Å². The van der Waals surface area contributed by atoms with Crippen LogP contribution in [-0.2, 0) is 13.2 Å². The zero-order chi connectivity index (χ0) is 27.1. The van der Waals surface area contributed by atoms with Gasteiger partial charge >= 0.3 is 5.95 Å². The maximum atomic E-state index is 12.6. The van der Waals surface area contributed by atoms with Crippen molar-refractivity contribution < 1.29 is 19.2 Å². The van der Waals surface area contributed by atoms with Crippen LogP contribution in [0.5, 0.6) is 11.5 Å². The molecule has 0 aliphatic heterocycles. The summed E-state index contributed by atoms with van der Waals surface area (Å²) in [6.07, 6.45) is 2.74. The van der Waals surface area contributed by atoms with Gasteiger partial charge in [0.05, 0.1) is 24.9 Å². The first-order valence-corrected chi connectivity index (χ1v) is 11.8. The first-order valence-electron chi connectivity index (χ1n) is 11.0. The van der Waals surface area contributed by atoms with Crippen molar-refractivity contribution >= 4 is 41.3 Å². The van der Waals surface area contributed by atoms with Crippen molar-refractivity contribution in [3.8, 4) is 11.5 Å². The summed E-state index contributed by atoms with van der Waals surface area (Å²) in [6.45, 7) is 0.376. The highest BCUT2D eigenvalue weighted by molar-refractivity contribution is 6.34. The number of nitro groups is 1. The van der Waals surface area contributed by atoms with Crippen molar-refractivity contribution in [2.75, 3.05) is 7.11 Å². The number of halogens is 2. The number of carbonyl (C=O) groups excluding carboxylic acids is 1. The lowest BCUT2D eigenvalue weighted by Gasteiger charge is -2.09. The normalized spacial score (nSPS) is 10.9. The van der Waals surface area contributed by atoms with Gasteiger partial charge in [0, 0.05) is 27.3 Å². The second-order valence-electron chi connectivity index (χ2n) is 7.83. The van der Waals surface area contributed by atoms with E-state index in [1.807, 2.05) is 6.07 Å². The standard InChI is InChI=1S/C25H20Cl2N6O5/c1-37-22-8-5-16(9-19(22)13-32-15-28-25(31-32)33(35)36)12-29-30-24(34)18-4-2-3-17(10-18)14-38-23-11-20(26)6-7-21(23)27/h2-12,15H,13-14H2,1H3,(H,30,34)/b29-12-. The van der Waals surface area contributed by atoms with Gasteiger partial charge in [0.25, 0.3) is 5.91 Å². The third-order valence-corrected chi connectivity index (χ3v) is 5.73. The Morgan fingerprint density at radius 1 is 1.16 bits per heavy atom.